The summed E-state index contributed by atoms with van der Waals surface area (Å²) in [7, 11) is 1.56. The fourth-order valence-electron chi connectivity index (χ4n) is 3.33. The first-order valence-corrected chi connectivity index (χ1v) is 10.6. The molecular weight excluding hydrogens is 406 g/mol. The van der Waals surface area contributed by atoms with E-state index in [0.29, 0.717) is 12.1 Å². The van der Waals surface area contributed by atoms with E-state index in [1.807, 2.05) is 62.4 Å². The predicted octanol–water partition coefficient (Wildman–Crippen LogP) is 3.64. The second-order valence-corrected chi connectivity index (χ2v) is 8.89. The summed E-state index contributed by atoms with van der Waals surface area (Å²) in [6, 6.07) is 14.5. The second-order valence-electron chi connectivity index (χ2n) is 8.89. The Morgan fingerprint density at radius 2 is 1.56 bits per heavy atom. The van der Waals surface area contributed by atoms with Crippen LogP contribution in [-0.2, 0) is 20.9 Å². The highest BCUT2D eigenvalue weighted by Crippen LogP contribution is 2.23. The molecule has 0 spiro atoms. The first-order chi connectivity index (χ1) is 15.0. The van der Waals surface area contributed by atoms with E-state index in [1.54, 1.807) is 27.8 Å². The summed E-state index contributed by atoms with van der Waals surface area (Å²) in [5.74, 6) is -0.707. The summed E-state index contributed by atoms with van der Waals surface area (Å²) in [4.78, 5) is 39.3. The Balaban J connectivity index is 2.18. The molecule has 0 aliphatic carbocycles. The second kappa shape index (κ2) is 10.8. The lowest BCUT2D eigenvalue weighted by Gasteiger charge is -2.28. The lowest BCUT2D eigenvalue weighted by molar-refractivity contribution is -0.138. The van der Waals surface area contributed by atoms with Gasteiger partial charge in [-0.2, -0.15) is 0 Å². The van der Waals surface area contributed by atoms with Crippen LogP contribution in [0.1, 0.15) is 49.1 Å². The van der Waals surface area contributed by atoms with Crippen LogP contribution in [-0.4, -0.2) is 42.0 Å². The zero-order valence-corrected chi connectivity index (χ0v) is 19.7. The van der Waals surface area contributed by atoms with Crippen molar-refractivity contribution in [2.45, 2.75) is 52.8 Å². The molecule has 3 amide bonds. The third-order valence-electron chi connectivity index (χ3n) is 4.68. The van der Waals surface area contributed by atoms with E-state index in [1.165, 1.54) is 4.90 Å². The van der Waals surface area contributed by atoms with Gasteiger partial charge in [0.05, 0.1) is 0 Å². The lowest BCUT2D eigenvalue weighted by atomic mass is 9.99. The number of carbonyl (C=O) groups is 3. The van der Waals surface area contributed by atoms with Crippen LogP contribution in [0.3, 0.4) is 0 Å². The number of benzene rings is 2. The standard InChI is InChI=1S/C25H33N3O4/c1-17-12-18(2)14-20(13-17)22(23(30)26-15-19-10-8-7-9-11-19)28(6)21(29)16-27-24(31)32-25(3,4)5/h7-14,22H,15-16H2,1-6H3,(H,26,30)(H,27,31). The van der Waals surface area contributed by atoms with E-state index in [-0.39, 0.29) is 12.5 Å². The maximum Gasteiger partial charge on any atom is 0.408 e. The Bertz CT molecular complexity index is 931. The summed E-state index contributed by atoms with van der Waals surface area (Å²) in [6.07, 6.45) is -0.685. The van der Waals surface area contributed by atoms with E-state index in [4.69, 9.17) is 4.74 Å². The average Bonchev–Trinajstić information content (AvgIpc) is 2.69. The summed E-state index contributed by atoms with van der Waals surface area (Å²) in [5.41, 5.74) is 2.99. The molecule has 0 saturated carbocycles. The van der Waals surface area contributed by atoms with Crippen LogP contribution in [0.5, 0.6) is 0 Å². The number of rotatable bonds is 7. The molecule has 2 rings (SSSR count). The van der Waals surface area contributed by atoms with Gasteiger partial charge in [0, 0.05) is 13.6 Å². The van der Waals surface area contributed by atoms with Crippen molar-refractivity contribution in [3.8, 4) is 0 Å². The molecule has 7 heteroatoms. The Morgan fingerprint density at radius 1 is 0.969 bits per heavy atom. The quantitative estimate of drug-likeness (QED) is 0.689. The van der Waals surface area contributed by atoms with Gasteiger partial charge in [-0.1, -0.05) is 59.7 Å². The van der Waals surface area contributed by atoms with Gasteiger partial charge >= 0.3 is 6.09 Å². The first kappa shape index (κ1) is 24.9. The van der Waals surface area contributed by atoms with Gasteiger partial charge in [-0.3, -0.25) is 9.59 Å². The third kappa shape index (κ3) is 7.72. The number of carbonyl (C=O) groups excluding carboxylic acids is 3. The molecule has 2 aromatic rings. The van der Waals surface area contributed by atoms with Crippen LogP contribution in [0, 0.1) is 13.8 Å². The van der Waals surface area contributed by atoms with E-state index < -0.39 is 23.6 Å². The summed E-state index contributed by atoms with van der Waals surface area (Å²) < 4.78 is 5.18. The smallest absolute Gasteiger partial charge is 0.408 e. The van der Waals surface area contributed by atoms with Crippen molar-refractivity contribution in [2.24, 2.45) is 0 Å². The number of hydrogen-bond acceptors (Lipinski definition) is 4. The van der Waals surface area contributed by atoms with Gasteiger partial charge < -0.3 is 20.3 Å². The molecule has 32 heavy (non-hydrogen) atoms. The molecule has 0 fully saturated rings. The van der Waals surface area contributed by atoms with Crippen molar-refractivity contribution in [1.29, 1.82) is 0 Å². The molecule has 1 atom stereocenters. The number of ether oxygens (including phenoxy) is 1. The largest absolute Gasteiger partial charge is 0.444 e. The molecule has 1 unspecified atom stereocenters. The van der Waals surface area contributed by atoms with Gasteiger partial charge in [0.15, 0.2) is 0 Å². The van der Waals surface area contributed by atoms with Gasteiger partial charge in [-0.15, -0.1) is 0 Å². The molecule has 0 bridgehead atoms. The normalized spacial score (nSPS) is 11.9. The van der Waals surface area contributed by atoms with E-state index in [9.17, 15) is 14.4 Å². The SMILES string of the molecule is Cc1cc(C)cc(C(C(=O)NCc2ccccc2)N(C)C(=O)CNC(=O)OC(C)(C)C)c1. The van der Waals surface area contributed by atoms with Crippen LogP contribution in [0.15, 0.2) is 48.5 Å². The number of nitrogens with zero attached hydrogens (tertiary/aromatic N) is 1. The molecule has 2 aromatic carbocycles. The van der Waals surface area contributed by atoms with E-state index >= 15 is 0 Å². The number of likely N-dealkylation sites (N-methyl/N-ethyl adjacent to an activating group) is 1. The number of nitrogens with one attached hydrogen (secondary N) is 2. The van der Waals surface area contributed by atoms with Crippen molar-refractivity contribution in [3.63, 3.8) is 0 Å². The van der Waals surface area contributed by atoms with Gasteiger partial charge in [0.25, 0.3) is 0 Å². The van der Waals surface area contributed by atoms with Crippen LogP contribution in [0.4, 0.5) is 4.79 Å². The molecule has 0 aliphatic rings. The zero-order chi connectivity index (χ0) is 23.9. The Kier molecular flexibility index (Phi) is 8.41. The summed E-state index contributed by atoms with van der Waals surface area (Å²) in [5, 5.41) is 5.38. The van der Waals surface area contributed by atoms with Gasteiger partial charge in [0.2, 0.25) is 11.8 Å². The highest BCUT2D eigenvalue weighted by Gasteiger charge is 2.29. The molecule has 0 aliphatic heterocycles. The third-order valence-corrected chi connectivity index (χ3v) is 4.68. The fraction of sp³-hybridized carbons (Fsp3) is 0.400. The Labute approximate surface area is 190 Å². The van der Waals surface area contributed by atoms with Crippen molar-refractivity contribution in [3.05, 3.63) is 70.8 Å². The van der Waals surface area contributed by atoms with Crippen molar-refractivity contribution in [2.75, 3.05) is 13.6 Å². The van der Waals surface area contributed by atoms with Crippen LogP contribution < -0.4 is 10.6 Å². The molecule has 0 aromatic heterocycles. The molecule has 7 nitrogen and oxygen atoms in total. The van der Waals surface area contributed by atoms with Crippen molar-refractivity contribution >= 4 is 17.9 Å². The topological polar surface area (TPSA) is 87.7 Å². The van der Waals surface area contributed by atoms with E-state index in [0.717, 1.165) is 16.7 Å². The first-order valence-electron chi connectivity index (χ1n) is 10.6. The highest BCUT2D eigenvalue weighted by atomic mass is 16.6. The minimum absolute atomic E-state index is 0.279. The predicted molar refractivity (Wildman–Crippen MR) is 124 cm³/mol. The minimum atomic E-state index is -0.842. The number of hydrogen-bond donors (Lipinski definition) is 2. The Hall–Kier alpha value is -3.35. The van der Waals surface area contributed by atoms with Crippen LogP contribution in [0.25, 0.3) is 0 Å². The maximum absolute atomic E-state index is 13.2. The van der Waals surface area contributed by atoms with Crippen LogP contribution >= 0.6 is 0 Å². The monoisotopic (exact) mass is 439 g/mol. The molecule has 2 N–H and O–H groups in total. The molecule has 0 saturated heterocycles. The molecule has 0 heterocycles. The van der Waals surface area contributed by atoms with Crippen LogP contribution in [0.2, 0.25) is 0 Å². The summed E-state index contributed by atoms with van der Waals surface area (Å²) >= 11 is 0. The van der Waals surface area contributed by atoms with Gasteiger partial charge in [0.1, 0.15) is 18.2 Å². The maximum atomic E-state index is 13.2. The zero-order valence-electron chi connectivity index (χ0n) is 19.7. The number of aryl methyl sites for hydroxylation is 2. The van der Waals surface area contributed by atoms with Gasteiger partial charge in [-0.25, -0.2) is 4.79 Å². The minimum Gasteiger partial charge on any atom is -0.444 e. The molecule has 172 valence electrons. The number of alkyl carbamates (subject to hydrolysis) is 1. The highest BCUT2D eigenvalue weighted by molar-refractivity contribution is 5.90. The summed E-state index contributed by atoms with van der Waals surface area (Å²) in [6.45, 7) is 9.19. The lowest BCUT2D eigenvalue weighted by Crippen LogP contribution is -2.46. The fourth-order valence-corrected chi connectivity index (χ4v) is 3.33. The Morgan fingerprint density at radius 3 is 2.12 bits per heavy atom. The van der Waals surface area contributed by atoms with Crippen molar-refractivity contribution < 1.29 is 19.1 Å². The van der Waals surface area contributed by atoms with Gasteiger partial charge in [-0.05, 0) is 45.7 Å². The molecular formula is C25H33N3O4. The number of amides is 3. The van der Waals surface area contributed by atoms with E-state index in [2.05, 4.69) is 10.6 Å². The molecule has 0 radical (unpaired) electrons. The van der Waals surface area contributed by atoms with Crippen molar-refractivity contribution in [1.82, 2.24) is 15.5 Å². The average molecular weight is 440 g/mol.